The average Bonchev–Trinajstić information content (AvgIpc) is 2.99. The Morgan fingerprint density at radius 1 is 0.923 bits per heavy atom. The molecule has 1 amide bonds. The molecule has 4 aromatic rings. The Morgan fingerprint density at radius 3 is 2.44 bits per heavy atom. The van der Waals surface area contributed by atoms with E-state index in [-0.39, 0.29) is 24.7 Å². The fourth-order valence-corrected chi connectivity index (χ4v) is 5.44. The number of pyridine rings is 1. The van der Waals surface area contributed by atoms with Gasteiger partial charge in [0.15, 0.2) is 6.29 Å². The Balaban J connectivity index is 1.33. The van der Waals surface area contributed by atoms with E-state index in [0.29, 0.717) is 6.54 Å². The summed E-state index contributed by atoms with van der Waals surface area (Å²) in [5.74, 6) is 0.720. The quantitative estimate of drug-likeness (QED) is 0.246. The van der Waals surface area contributed by atoms with Gasteiger partial charge in [0.05, 0.1) is 23.8 Å². The van der Waals surface area contributed by atoms with E-state index in [4.69, 9.17) is 9.47 Å². The minimum Gasteiger partial charge on any atom is -0.392 e. The molecule has 1 saturated heterocycles. The average molecular weight is 541 g/mol. The fraction of sp³-hybridized carbons (Fsp3) is 0.250. The molecule has 5 rings (SSSR count). The number of hydrogen-bond acceptors (Lipinski definition) is 6. The third-order valence-corrected chi connectivity index (χ3v) is 7.73. The number of benzene rings is 3. The molecule has 0 spiro atoms. The predicted octanol–water partition coefficient (Wildman–Crippen LogP) is 6.21. The number of nitrogens with zero attached hydrogens (tertiary/aromatic N) is 1. The van der Waals surface area contributed by atoms with E-state index in [9.17, 15) is 9.90 Å². The summed E-state index contributed by atoms with van der Waals surface area (Å²) < 4.78 is 12.9. The summed E-state index contributed by atoms with van der Waals surface area (Å²) in [6.45, 7) is 2.04. The summed E-state index contributed by atoms with van der Waals surface area (Å²) in [4.78, 5) is 15.7. The van der Waals surface area contributed by atoms with Crippen LogP contribution >= 0.6 is 11.8 Å². The summed E-state index contributed by atoms with van der Waals surface area (Å²) in [5.41, 5.74) is 6.12. The number of ether oxygens (including phenoxy) is 2. The second-order valence-corrected chi connectivity index (χ2v) is 10.6. The third-order valence-electron chi connectivity index (χ3n) is 6.65. The molecule has 6 nitrogen and oxygen atoms in total. The zero-order chi connectivity index (χ0) is 27.0. The van der Waals surface area contributed by atoms with Crippen molar-refractivity contribution in [3.05, 3.63) is 119 Å². The van der Waals surface area contributed by atoms with Crippen molar-refractivity contribution >= 4 is 17.7 Å². The van der Waals surface area contributed by atoms with Gasteiger partial charge in [0, 0.05) is 37.4 Å². The van der Waals surface area contributed by atoms with E-state index in [1.54, 1.807) is 18.0 Å². The molecular formula is C32H32N2O4S. The topological polar surface area (TPSA) is 80.7 Å². The monoisotopic (exact) mass is 540 g/mol. The van der Waals surface area contributed by atoms with Crippen LogP contribution in [-0.4, -0.2) is 27.9 Å². The van der Waals surface area contributed by atoms with Crippen LogP contribution in [0.4, 0.5) is 0 Å². The van der Waals surface area contributed by atoms with E-state index >= 15 is 0 Å². The summed E-state index contributed by atoms with van der Waals surface area (Å²) in [5, 5.41) is 13.3. The van der Waals surface area contributed by atoms with Crippen LogP contribution in [0.25, 0.3) is 11.1 Å². The molecule has 1 fully saturated rings. The number of hydrogen-bond donors (Lipinski definition) is 2. The molecule has 1 aliphatic rings. The van der Waals surface area contributed by atoms with Gasteiger partial charge in [0.1, 0.15) is 0 Å². The molecule has 2 heterocycles. The Hall–Kier alpha value is -3.49. The molecule has 1 aliphatic heterocycles. The Bertz CT molecular complexity index is 1360. The van der Waals surface area contributed by atoms with E-state index in [0.717, 1.165) is 50.6 Å². The van der Waals surface area contributed by atoms with Gasteiger partial charge in [0.2, 0.25) is 5.91 Å². The Labute approximate surface area is 233 Å². The SMILES string of the molecule is CC(=O)NCc1cccc(-c2ccc([C@@H]3O[C@H](CSc4ccccn4)C[C@H](c4ccc(CO)cc4)O3)cc2)c1. The molecule has 200 valence electrons. The highest BCUT2D eigenvalue weighted by Gasteiger charge is 2.32. The van der Waals surface area contributed by atoms with Crippen LogP contribution < -0.4 is 5.32 Å². The second-order valence-electron chi connectivity index (χ2n) is 9.56. The summed E-state index contributed by atoms with van der Waals surface area (Å²) in [6.07, 6.45) is 1.88. The lowest BCUT2D eigenvalue weighted by atomic mass is 9.99. The number of aliphatic hydroxyl groups is 1. The van der Waals surface area contributed by atoms with Crippen LogP contribution in [0.1, 0.15) is 48.0 Å². The Kier molecular flexibility index (Phi) is 9.06. The van der Waals surface area contributed by atoms with Gasteiger partial charge in [-0.25, -0.2) is 4.98 Å². The number of aliphatic hydroxyl groups excluding tert-OH is 1. The molecule has 0 saturated carbocycles. The van der Waals surface area contributed by atoms with Crippen molar-refractivity contribution in [3.63, 3.8) is 0 Å². The number of aromatic nitrogens is 1. The normalized spacial score (nSPS) is 19.0. The number of amides is 1. The van der Waals surface area contributed by atoms with Gasteiger partial charge in [0.25, 0.3) is 0 Å². The lowest BCUT2D eigenvalue weighted by molar-refractivity contribution is -0.245. The fourth-order valence-electron chi connectivity index (χ4n) is 4.55. The molecule has 3 aromatic carbocycles. The largest absolute Gasteiger partial charge is 0.392 e. The smallest absolute Gasteiger partial charge is 0.217 e. The lowest BCUT2D eigenvalue weighted by Crippen LogP contribution is -2.31. The van der Waals surface area contributed by atoms with E-state index < -0.39 is 6.29 Å². The van der Waals surface area contributed by atoms with Crippen LogP contribution in [-0.2, 0) is 27.4 Å². The maximum atomic E-state index is 11.3. The first kappa shape index (κ1) is 27.1. The Morgan fingerprint density at radius 2 is 1.72 bits per heavy atom. The molecule has 39 heavy (non-hydrogen) atoms. The number of carbonyl (C=O) groups is 1. The van der Waals surface area contributed by atoms with Gasteiger partial charge in [-0.05, 0) is 46.0 Å². The predicted molar refractivity (Wildman–Crippen MR) is 153 cm³/mol. The highest BCUT2D eigenvalue weighted by Crippen LogP contribution is 2.39. The highest BCUT2D eigenvalue weighted by atomic mass is 32.2. The molecule has 0 radical (unpaired) electrons. The standard InChI is InChI=1S/C32H32N2O4S/c1-22(36)34-19-24-5-4-6-28(17-24)25-12-14-27(15-13-25)32-37-29(21-39-31-7-2-3-16-33-31)18-30(38-32)26-10-8-23(20-35)9-11-26/h2-17,29-30,32,35H,18-21H2,1H3,(H,34,36)/t29-,30+,32+/m0/s1. The van der Waals surface area contributed by atoms with E-state index in [1.165, 1.54) is 6.92 Å². The maximum Gasteiger partial charge on any atom is 0.217 e. The number of rotatable bonds is 9. The van der Waals surface area contributed by atoms with Crippen LogP contribution in [0.3, 0.4) is 0 Å². The van der Waals surface area contributed by atoms with Crippen LogP contribution in [0, 0.1) is 0 Å². The molecule has 7 heteroatoms. The van der Waals surface area contributed by atoms with Gasteiger partial charge in [-0.3, -0.25) is 4.79 Å². The molecular weight excluding hydrogens is 508 g/mol. The van der Waals surface area contributed by atoms with Gasteiger partial charge in [-0.2, -0.15) is 0 Å². The summed E-state index contributed by atoms with van der Waals surface area (Å²) in [7, 11) is 0. The van der Waals surface area contributed by atoms with Crippen LogP contribution in [0.2, 0.25) is 0 Å². The molecule has 2 N–H and O–H groups in total. The third kappa shape index (κ3) is 7.34. The van der Waals surface area contributed by atoms with Crippen molar-refractivity contribution < 1.29 is 19.4 Å². The lowest BCUT2D eigenvalue weighted by Gasteiger charge is -2.36. The molecule has 0 unspecified atom stereocenters. The number of carbonyl (C=O) groups excluding carboxylic acids is 1. The van der Waals surface area contributed by atoms with Crippen LogP contribution in [0.15, 0.2) is 102 Å². The van der Waals surface area contributed by atoms with Gasteiger partial charge in [-0.15, -0.1) is 11.8 Å². The van der Waals surface area contributed by atoms with Gasteiger partial charge >= 0.3 is 0 Å². The van der Waals surface area contributed by atoms with Crippen molar-refractivity contribution in [2.75, 3.05) is 5.75 Å². The number of nitrogens with one attached hydrogen (secondary N) is 1. The first-order chi connectivity index (χ1) is 19.1. The van der Waals surface area contributed by atoms with Crippen molar-refractivity contribution in [3.8, 4) is 11.1 Å². The van der Waals surface area contributed by atoms with E-state index in [1.807, 2.05) is 54.6 Å². The molecule has 0 aliphatic carbocycles. The minimum atomic E-state index is -0.504. The first-order valence-corrected chi connectivity index (χ1v) is 14.0. The van der Waals surface area contributed by atoms with Crippen molar-refractivity contribution in [2.45, 2.75) is 50.0 Å². The van der Waals surface area contributed by atoms with Crippen molar-refractivity contribution in [1.82, 2.24) is 10.3 Å². The van der Waals surface area contributed by atoms with Crippen molar-refractivity contribution in [2.24, 2.45) is 0 Å². The highest BCUT2D eigenvalue weighted by molar-refractivity contribution is 7.99. The molecule has 0 bridgehead atoms. The zero-order valence-electron chi connectivity index (χ0n) is 21.8. The minimum absolute atomic E-state index is 0.0172. The van der Waals surface area contributed by atoms with Gasteiger partial charge < -0.3 is 19.9 Å². The first-order valence-electron chi connectivity index (χ1n) is 13.1. The second kappa shape index (κ2) is 13.0. The summed E-state index contributed by atoms with van der Waals surface area (Å²) >= 11 is 1.68. The van der Waals surface area contributed by atoms with Crippen LogP contribution in [0.5, 0.6) is 0 Å². The van der Waals surface area contributed by atoms with Crippen molar-refractivity contribution in [1.29, 1.82) is 0 Å². The summed E-state index contributed by atoms with van der Waals surface area (Å²) in [6, 6.07) is 30.3. The van der Waals surface area contributed by atoms with Gasteiger partial charge in [-0.1, -0.05) is 72.8 Å². The molecule has 1 aromatic heterocycles. The zero-order valence-corrected chi connectivity index (χ0v) is 22.6. The van der Waals surface area contributed by atoms with E-state index in [2.05, 4.69) is 46.7 Å². The number of thioether (sulfide) groups is 1. The molecule has 3 atom stereocenters. The maximum absolute atomic E-state index is 11.3.